The summed E-state index contributed by atoms with van der Waals surface area (Å²) in [6, 6.07) is 8.21. The Hall–Kier alpha value is -0.420. The number of benzene rings is 1. The molecule has 1 aromatic carbocycles. The molecule has 0 amide bonds. The molecule has 1 aliphatic heterocycles. The third-order valence-corrected chi connectivity index (χ3v) is 4.07. The van der Waals surface area contributed by atoms with E-state index in [-0.39, 0.29) is 18.2 Å². The summed E-state index contributed by atoms with van der Waals surface area (Å²) in [5.41, 5.74) is 7.33. The average Bonchev–Trinajstić information content (AvgIpc) is 2.93. The molecule has 4 heteroatoms. The minimum absolute atomic E-state index is 0.0163. The molecule has 3 atom stereocenters. The Bertz CT molecular complexity index is 376. The van der Waals surface area contributed by atoms with Gasteiger partial charge >= 0.3 is 0 Å². The molecule has 1 aromatic rings. The molecule has 0 spiro atoms. The van der Waals surface area contributed by atoms with Gasteiger partial charge in [-0.15, -0.1) is 0 Å². The van der Waals surface area contributed by atoms with Gasteiger partial charge in [0.1, 0.15) is 0 Å². The van der Waals surface area contributed by atoms with Crippen LogP contribution in [0.1, 0.15) is 37.9 Å². The van der Waals surface area contributed by atoms with Crippen molar-refractivity contribution in [1.82, 2.24) is 0 Å². The molecule has 19 heavy (non-hydrogen) atoms. The molecular weight excluding hydrogens is 306 g/mol. The van der Waals surface area contributed by atoms with Crippen molar-refractivity contribution in [3.8, 4) is 0 Å². The van der Waals surface area contributed by atoms with Gasteiger partial charge in [0.05, 0.1) is 18.8 Å². The smallest absolute Gasteiger partial charge is 0.0976 e. The van der Waals surface area contributed by atoms with E-state index in [0.717, 1.165) is 35.9 Å². The molecule has 2 N–H and O–H groups in total. The van der Waals surface area contributed by atoms with E-state index in [1.165, 1.54) is 0 Å². The molecule has 3 unspecified atom stereocenters. The van der Waals surface area contributed by atoms with E-state index in [1.54, 1.807) is 0 Å². The van der Waals surface area contributed by atoms with Crippen molar-refractivity contribution in [3.63, 3.8) is 0 Å². The van der Waals surface area contributed by atoms with Gasteiger partial charge in [0.2, 0.25) is 0 Å². The van der Waals surface area contributed by atoms with Gasteiger partial charge in [0.25, 0.3) is 0 Å². The van der Waals surface area contributed by atoms with E-state index >= 15 is 0 Å². The topological polar surface area (TPSA) is 44.5 Å². The van der Waals surface area contributed by atoms with Crippen molar-refractivity contribution in [2.45, 2.75) is 44.4 Å². The molecule has 1 heterocycles. The molecular formula is C15H22BrNO2. The minimum atomic E-state index is -0.0534. The second-order valence-corrected chi connectivity index (χ2v) is 5.93. The van der Waals surface area contributed by atoms with Crippen molar-refractivity contribution in [2.24, 2.45) is 5.73 Å². The van der Waals surface area contributed by atoms with Gasteiger partial charge in [0.15, 0.2) is 0 Å². The lowest BCUT2D eigenvalue weighted by molar-refractivity contribution is -0.0310. The molecule has 3 nitrogen and oxygen atoms in total. The Kier molecular flexibility index (Phi) is 5.82. The van der Waals surface area contributed by atoms with E-state index in [9.17, 15) is 0 Å². The lowest BCUT2D eigenvalue weighted by Gasteiger charge is -2.25. The highest BCUT2D eigenvalue weighted by Gasteiger charge is 2.23. The molecule has 1 fully saturated rings. The van der Waals surface area contributed by atoms with Gasteiger partial charge in [-0.05, 0) is 37.0 Å². The van der Waals surface area contributed by atoms with Crippen LogP contribution in [0.25, 0.3) is 0 Å². The summed E-state index contributed by atoms with van der Waals surface area (Å²) in [6.07, 6.45) is 3.31. The second kappa shape index (κ2) is 7.39. The van der Waals surface area contributed by atoms with Crippen molar-refractivity contribution in [3.05, 3.63) is 34.3 Å². The van der Waals surface area contributed by atoms with Gasteiger partial charge in [-0.2, -0.15) is 0 Å². The SMILES string of the molecule is CCC(N)C(OCC1CCCO1)c1ccc(Br)cc1. The van der Waals surface area contributed by atoms with Crippen LogP contribution in [-0.4, -0.2) is 25.4 Å². The van der Waals surface area contributed by atoms with Crippen LogP contribution in [0.4, 0.5) is 0 Å². The lowest BCUT2D eigenvalue weighted by atomic mass is 10.0. The number of hydrogen-bond donors (Lipinski definition) is 1. The quantitative estimate of drug-likeness (QED) is 0.870. The zero-order valence-corrected chi connectivity index (χ0v) is 12.9. The van der Waals surface area contributed by atoms with Gasteiger partial charge in [-0.3, -0.25) is 0 Å². The van der Waals surface area contributed by atoms with Crippen LogP contribution in [-0.2, 0) is 9.47 Å². The maximum absolute atomic E-state index is 6.19. The first-order valence-corrected chi connectivity index (χ1v) is 7.74. The van der Waals surface area contributed by atoms with Crippen LogP contribution in [0.2, 0.25) is 0 Å². The van der Waals surface area contributed by atoms with E-state index in [0.29, 0.717) is 6.61 Å². The third kappa shape index (κ3) is 4.28. The van der Waals surface area contributed by atoms with Crippen molar-refractivity contribution in [1.29, 1.82) is 0 Å². The highest BCUT2D eigenvalue weighted by Crippen LogP contribution is 2.25. The van der Waals surface area contributed by atoms with Crippen molar-refractivity contribution in [2.75, 3.05) is 13.2 Å². The maximum atomic E-state index is 6.19. The van der Waals surface area contributed by atoms with Gasteiger partial charge < -0.3 is 15.2 Å². The summed E-state index contributed by atoms with van der Waals surface area (Å²) in [6.45, 7) is 3.58. The van der Waals surface area contributed by atoms with Crippen LogP contribution >= 0.6 is 15.9 Å². The zero-order valence-electron chi connectivity index (χ0n) is 11.3. The fourth-order valence-electron chi connectivity index (χ4n) is 2.32. The standard InChI is InChI=1S/C15H22BrNO2/c1-2-14(17)15(11-5-7-12(16)8-6-11)19-10-13-4-3-9-18-13/h5-8,13-15H,2-4,9-10,17H2,1H3. The predicted molar refractivity (Wildman–Crippen MR) is 80.1 cm³/mol. The van der Waals surface area contributed by atoms with E-state index in [2.05, 4.69) is 35.0 Å². The highest BCUT2D eigenvalue weighted by molar-refractivity contribution is 9.10. The number of rotatable bonds is 6. The molecule has 2 rings (SSSR count). The van der Waals surface area contributed by atoms with Crippen LogP contribution in [0, 0.1) is 0 Å². The third-order valence-electron chi connectivity index (χ3n) is 3.54. The fourth-order valence-corrected chi connectivity index (χ4v) is 2.58. The summed E-state index contributed by atoms with van der Waals surface area (Å²) in [5.74, 6) is 0. The first-order valence-electron chi connectivity index (χ1n) is 6.95. The Balaban J connectivity index is 2.00. The number of halogens is 1. The van der Waals surface area contributed by atoms with Crippen LogP contribution in [0.5, 0.6) is 0 Å². The zero-order chi connectivity index (χ0) is 13.7. The van der Waals surface area contributed by atoms with E-state index < -0.39 is 0 Å². The molecule has 1 aliphatic rings. The molecule has 106 valence electrons. The lowest BCUT2D eigenvalue weighted by Crippen LogP contribution is -2.31. The van der Waals surface area contributed by atoms with Crippen molar-refractivity contribution < 1.29 is 9.47 Å². The predicted octanol–water partition coefficient (Wildman–Crippen LogP) is 3.42. The monoisotopic (exact) mass is 327 g/mol. The molecule has 0 radical (unpaired) electrons. The Morgan fingerprint density at radius 3 is 2.74 bits per heavy atom. The Labute approximate surface area is 123 Å². The first kappa shape index (κ1) is 15.0. The van der Waals surface area contributed by atoms with Gasteiger partial charge in [-0.1, -0.05) is 35.0 Å². The normalized spacial score (nSPS) is 22.4. The number of ether oxygens (including phenoxy) is 2. The molecule has 0 bridgehead atoms. The van der Waals surface area contributed by atoms with Crippen LogP contribution in [0.15, 0.2) is 28.7 Å². The summed E-state index contributed by atoms with van der Waals surface area (Å²) in [4.78, 5) is 0. The van der Waals surface area contributed by atoms with Gasteiger partial charge in [0, 0.05) is 17.1 Å². The largest absolute Gasteiger partial charge is 0.376 e. The fraction of sp³-hybridized carbons (Fsp3) is 0.600. The molecule has 0 aromatic heterocycles. The average molecular weight is 328 g/mol. The Morgan fingerprint density at radius 1 is 1.42 bits per heavy atom. The van der Waals surface area contributed by atoms with Crippen LogP contribution < -0.4 is 5.73 Å². The first-order chi connectivity index (χ1) is 9.20. The second-order valence-electron chi connectivity index (χ2n) is 5.01. The van der Waals surface area contributed by atoms with E-state index in [4.69, 9.17) is 15.2 Å². The maximum Gasteiger partial charge on any atom is 0.0976 e. The summed E-state index contributed by atoms with van der Waals surface area (Å²) >= 11 is 3.45. The highest BCUT2D eigenvalue weighted by atomic mass is 79.9. The van der Waals surface area contributed by atoms with Crippen LogP contribution in [0.3, 0.4) is 0 Å². The van der Waals surface area contributed by atoms with Gasteiger partial charge in [-0.25, -0.2) is 0 Å². The minimum Gasteiger partial charge on any atom is -0.376 e. The Morgan fingerprint density at radius 2 is 2.16 bits per heavy atom. The molecule has 1 saturated heterocycles. The summed E-state index contributed by atoms with van der Waals surface area (Å²) < 4.78 is 12.7. The molecule has 0 saturated carbocycles. The molecule has 0 aliphatic carbocycles. The summed E-state index contributed by atoms with van der Waals surface area (Å²) in [5, 5.41) is 0. The van der Waals surface area contributed by atoms with E-state index in [1.807, 2.05) is 12.1 Å². The summed E-state index contributed by atoms with van der Waals surface area (Å²) in [7, 11) is 0. The van der Waals surface area contributed by atoms with Crippen molar-refractivity contribution >= 4 is 15.9 Å². The number of hydrogen-bond acceptors (Lipinski definition) is 3. The number of nitrogens with two attached hydrogens (primary N) is 1.